The molecule has 3 aromatic carbocycles. The van der Waals surface area contributed by atoms with Crippen molar-refractivity contribution < 1.29 is 4.42 Å². The second-order valence-electron chi connectivity index (χ2n) is 9.90. The van der Waals surface area contributed by atoms with Crippen molar-refractivity contribution in [2.45, 2.75) is 25.3 Å². The van der Waals surface area contributed by atoms with Crippen LogP contribution in [-0.2, 0) is 0 Å². The van der Waals surface area contributed by atoms with Gasteiger partial charge in [0, 0.05) is 22.0 Å². The van der Waals surface area contributed by atoms with Crippen LogP contribution in [0.3, 0.4) is 0 Å². The van der Waals surface area contributed by atoms with Gasteiger partial charge in [-0.1, -0.05) is 87.9 Å². The number of anilines is 1. The Bertz CT molecular complexity index is 1790. The average molecular weight is 595 g/mol. The van der Waals surface area contributed by atoms with Gasteiger partial charge in [-0.15, -0.1) is 0 Å². The molecule has 2 aliphatic rings. The molecule has 0 amide bonds. The first-order valence-electron chi connectivity index (χ1n) is 13.0. The summed E-state index contributed by atoms with van der Waals surface area (Å²) >= 11 is 4.99. The summed E-state index contributed by atoms with van der Waals surface area (Å²) in [5, 5.41) is 8.94. The summed E-state index contributed by atoms with van der Waals surface area (Å²) in [5.41, 5.74) is 5.55. The molecule has 3 heterocycles. The average Bonchev–Trinajstić information content (AvgIpc) is 3.60. The lowest BCUT2D eigenvalue weighted by atomic mass is 9.77. The molecule has 0 spiro atoms. The molecule has 0 unspecified atom stereocenters. The third-order valence-electron chi connectivity index (χ3n) is 7.43. The highest BCUT2D eigenvalue weighted by Gasteiger charge is 2.42. The van der Waals surface area contributed by atoms with E-state index in [2.05, 4.69) is 75.5 Å². The van der Waals surface area contributed by atoms with Gasteiger partial charge in [-0.05, 0) is 66.3 Å². The molecule has 5 aromatic rings. The number of aromatic nitrogens is 1. The molecule has 7 rings (SSSR count). The highest BCUT2D eigenvalue weighted by molar-refractivity contribution is 9.10. The molecule has 0 radical (unpaired) electrons. The first-order chi connectivity index (χ1) is 19.1. The van der Waals surface area contributed by atoms with Gasteiger partial charge >= 0.3 is 5.63 Å². The molecule has 1 aliphatic heterocycles. The first kappa shape index (κ1) is 24.2. The van der Waals surface area contributed by atoms with Crippen molar-refractivity contribution in [1.29, 1.82) is 0 Å². The zero-order valence-corrected chi connectivity index (χ0v) is 23.4. The number of thiazole rings is 1. The molecule has 2 atom stereocenters. The van der Waals surface area contributed by atoms with E-state index in [0.717, 1.165) is 44.8 Å². The maximum Gasteiger partial charge on any atom is 0.345 e. The van der Waals surface area contributed by atoms with E-state index in [1.165, 1.54) is 28.0 Å². The van der Waals surface area contributed by atoms with Gasteiger partial charge < -0.3 is 4.42 Å². The van der Waals surface area contributed by atoms with Crippen LogP contribution in [0.15, 0.2) is 115 Å². The van der Waals surface area contributed by atoms with E-state index in [-0.39, 0.29) is 17.6 Å². The smallest absolute Gasteiger partial charge is 0.345 e. The van der Waals surface area contributed by atoms with E-state index in [4.69, 9.17) is 14.5 Å². The summed E-state index contributed by atoms with van der Waals surface area (Å²) in [7, 11) is 0. The topological polar surface area (TPSA) is 58.7 Å². The minimum Gasteiger partial charge on any atom is -0.422 e. The quantitative estimate of drug-likeness (QED) is 0.196. The molecule has 7 heteroatoms. The van der Waals surface area contributed by atoms with E-state index in [9.17, 15) is 4.79 Å². The Morgan fingerprint density at radius 2 is 1.79 bits per heavy atom. The molecule has 5 nitrogen and oxygen atoms in total. The maximum atomic E-state index is 12.9. The molecule has 192 valence electrons. The predicted molar refractivity (Wildman–Crippen MR) is 162 cm³/mol. The fourth-order valence-corrected chi connectivity index (χ4v) is 6.94. The monoisotopic (exact) mass is 593 g/mol. The maximum absolute atomic E-state index is 12.9. The number of hydrogen-bond donors (Lipinski definition) is 0. The predicted octanol–water partition coefficient (Wildman–Crippen LogP) is 8.48. The molecule has 0 N–H and O–H groups in total. The van der Waals surface area contributed by atoms with Gasteiger partial charge in [0.05, 0.1) is 22.2 Å². The Labute approximate surface area is 238 Å². The van der Waals surface area contributed by atoms with Crippen LogP contribution in [0.5, 0.6) is 0 Å². The van der Waals surface area contributed by atoms with Crippen molar-refractivity contribution in [1.82, 2.24) is 4.98 Å². The molecule has 39 heavy (non-hydrogen) atoms. The number of benzene rings is 3. The van der Waals surface area contributed by atoms with Gasteiger partial charge in [0.2, 0.25) is 5.13 Å². The lowest BCUT2D eigenvalue weighted by Crippen LogP contribution is -2.27. The Kier molecular flexibility index (Phi) is 6.25. The summed E-state index contributed by atoms with van der Waals surface area (Å²) in [5.74, 6) is 0.270. The van der Waals surface area contributed by atoms with Gasteiger partial charge in [-0.2, -0.15) is 5.10 Å². The van der Waals surface area contributed by atoms with Crippen LogP contribution in [0.2, 0.25) is 0 Å². The van der Waals surface area contributed by atoms with Crippen LogP contribution in [0.4, 0.5) is 5.13 Å². The van der Waals surface area contributed by atoms with Crippen LogP contribution in [0.25, 0.3) is 27.5 Å². The lowest BCUT2D eigenvalue weighted by Gasteiger charge is -2.29. The largest absolute Gasteiger partial charge is 0.422 e. The summed E-state index contributed by atoms with van der Waals surface area (Å²) in [6.07, 6.45) is 7.25. The summed E-state index contributed by atoms with van der Waals surface area (Å²) in [4.78, 5) is 18.5. The van der Waals surface area contributed by atoms with E-state index < -0.39 is 0 Å². The van der Waals surface area contributed by atoms with Gasteiger partial charge in [0.15, 0.2) is 0 Å². The fourth-order valence-electron chi connectivity index (χ4n) is 5.65. The lowest BCUT2D eigenvalue weighted by molar-refractivity contribution is 0.487. The highest BCUT2D eigenvalue weighted by atomic mass is 79.9. The number of halogens is 1. The number of hydrogen-bond acceptors (Lipinski definition) is 6. The number of nitrogens with zero attached hydrogens (tertiary/aromatic N) is 3. The number of hydrazone groups is 1. The summed E-state index contributed by atoms with van der Waals surface area (Å²) in [6.45, 7) is 0. The molecule has 0 bridgehead atoms. The Morgan fingerprint density at radius 1 is 1.00 bits per heavy atom. The SMILES string of the molecule is O=c1oc2ccc(Br)cc2cc1-c1cnc(N2N=C3/C(=C/c4ccccc4)CCC[C@H]3[C@@H]2c2ccccc2)s1. The molecule has 1 saturated carbocycles. The molecule has 0 saturated heterocycles. The van der Waals surface area contributed by atoms with Crippen molar-refractivity contribution in [2.24, 2.45) is 11.0 Å². The van der Waals surface area contributed by atoms with Gasteiger partial charge in [0.1, 0.15) is 5.58 Å². The Hall–Kier alpha value is -3.81. The summed E-state index contributed by atoms with van der Waals surface area (Å²) in [6, 6.07) is 28.6. The van der Waals surface area contributed by atoms with Crippen LogP contribution in [-0.4, -0.2) is 10.7 Å². The number of allylic oxidation sites excluding steroid dienone is 1. The van der Waals surface area contributed by atoms with Crippen molar-refractivity contribution >= 4 is 55.2 Å². The van der Waals surface area contributed by atoms with Crippen molar-refractivity contribution in [3.63, 3.8) is 0 Å². The molecule has 1 fully saturated rings. The first-order valence-corrected chi connectivity index (χ1v) is 14.6. The molecule has 2 aromatic heterocycles. The third kappa shape index (κ3) is 4.56. The van der Waals surface area contributed by atoms with Gasteiger partial charge in [-0.25, -0.2) is 14.8 Å². The Morgan fingerprint density at radius 3 is 2.62 bits per heavy atom. The minimum absolute atomic E-state index is 0.0450. The molecular weight excluding hydrogens is 570 g/mol. The second-order valence-corrected chi connectivity index (χ2v) is 11.8. The highest BCUT2D eigenvalue weighted by Crippen LogP contribution is 2.47. The zero-order chi connectivity index (χ0) is 26.3. The van der Waals surface area contributed by atoms with Crippen LogP contribution >= 0.6 is 27.3 Å². The zero-order valence-electron chi connectivity index (χ0n) is 21.0. The van der Waals surface area contributed by atoms with Crippen molar-refractivity contribution in [2.75, 3.05) is 5.01 Å². The second kappa shape index (κ2) is 10.1. The number of fused-ring (bicyclic) bond motifs is 2. The van der Waals surface area contributed by atoms with E-state index >= 15 is 0 Å². The van der Waals surface area contributed by atoms with Gasteiger partial charge in [0.25, 0.3) is 0 Å². The number of rotatable bonds is 4. The van der Waals surface area contributed by atoms with Crippen LogP contribution in [0.1, 0.15) is 36.4 Å². The fraction of sp³-hybridized carbons (Fsp3) is 0.156. The van der Waals surface area contributed by atoms with Crippen molar-refractivity contribution in [3.8, 4) is 10.4 Å². The third-order valence-corrected chi connectivity index (χ3v) is 8.95. The van der Waals surface area contributed by atoms with E-state index in [1.54, 1.807) is 12.3 Å². The van der Waals surface area contributed by atoms with Crippen LogP contribution in [0, 0.1) is 5.92 Å². The van der Waals surface area contributed by atoms with Crippen LogP contribution < -0.4 is 10.6 Å². The normalized spacial score (nSPS) is 19.9. The summed E-state index contributed by atoms with van der Waals surface area (Å²) < 4.78 is 6.56. The van der Waals surface area contributed by atoms with Crippen molar-refractivity contribution in [3.05, 3.63) is 123 Å². The molecule has 1 aliphatic carbocycles. The van der Waals surface area contributed by atoms with E-state index in [1.807, 2.05) is 30.3 Å². The molecular formula is C32H24BrN3O2S. The minimum atomic E-state index is -0.367. The van der Waals surface area contributed by atoms with E-state index in [0.29, 0.717) is 11.1 Å². The van der Waals surface area contributed by atoms with Gasteiger partial charge in [-0.3, -0.25) is 0 Å². The Balaban J connectivity index is 1.32. The standard InChI is InChI=1S/C32H24BrN3O2S/c33-24-14-15-27-23(17-24)18-26(31(37)38-27)28-19-34-32(39-28)36-30(21-10-5-2-6-11-21)25-13-7-12-22(29(25)35-36)16-20-8-3-1-4-9-20/h1-6,8-11,14-19,25,30H,7,12-13H2/b22-16+/t25-,30+/m1/s1.